The standard InChI is InChI=1S/C20H36O6.2CNS.Ba.H2O/c1-2-6-18-17(5-1)23-13-9-21-11-15-25-19-7-3-4-8-20(19)26-16-12-22-10-14-24-18;2*2-1-3;;/h17-20H,1-16H2;;;;1H2/q;2*-1;+2;/p-1. The Labute approximate surface area is 254 Å². The number of ether oxygens (including phenoxy) is 6. The van der Waals surface area contributed by atoms with Gasteiger partial charge in [-0.3, -0.25) is 0 Å². The van der Waals surface area contributed by atoms with Crippen molar-refractivity contribution < 1.29 is 33.9 Å². The number of fused-ring (bicyclic) bond motifs is 2. The van der Waals surface area contributed by atoms with Gasteiger partial charge in [-0.25, -0.2) is 0 Å². The van der Waals surface area contributed by atoms with Crippen molar-refractivity contribution in [2.45, 2.75) is 75.8 Å². The summed E-state index contributed by atoms with van der Waals surface area (Å²) in [7, 11) is 0. The zero-order chi connectivity index (χ0) is 23.3. The van der Waals surface area contributed by atoms with E-state index in [4.69, 9.17) is 39.2 Å². The molecule has 4 atom stereocenters. The van der Waals surface area contributed by atoms with Crippen molar-refractivity contribution in [2.24, 2.45) is 0 Å². The molecule has 0 aromatic heterocycles. The molecule has 0 spiro atoms. The van der Waals surface area contributed by atoms with Crippen LogP contribution in [0.5, 0.6) is 0 Å². The second-order valence-corrected chi connectivity index (χ2v) is 7.98. The summed E-state index contributed by atoms with van der Waals surface area (Å²) in [4.78, 5) is 0. The molecule has 0 amide bonds. The van der Waals surface area contributed by atoms with Gasteiger partial charge in [0.1, 0.15) is 0 Å². The molecule has 9 nitrogen and oxygen atoms in total. The molecule has 1 saturated heterocycles. The van der Waals surface area contributed by atoms with Crippen LogP contribution in [0, 0.1) is 0 Å². The molecule has 2 saturated carbocycles. The van der Waals surface area contributed by atoms with Crippen molar-refractivity contribution in [3.05, 3.63) is 10.8 Å². The summed E-state index contributed by atoms with van der Waals surface area (Å²) in [5.74, 6) is 0. The molecule has 3 rings (SSSR count). The van der Waals surface area contributed by atoms with Crippen molar-refractivity contribution in [1.82, 2.24) is 0 Å². The third-order valence-corrected chi connectivity index (χ3v) is 5.52. The molecule has 3 fully saturated rings. The van der Waals surface area contributed by atoms with E-state index < -0.39 is 0 Å². The molecule has 34 heavy (non-hydrogen) atoms. The van der Waals surface area contributed by atoms with Gasteiger partial charge in [0.15, 0.2) is 0 Å². The molecular weight excluding hydrogens is 606 g/mol. The molecule has 4 unspecified atom stereocenters. The van der Waals surface area contributed by atoms with Crippen LogP contribution in [0.2, 0.25) is 0 Å². The molecule has 0 aromatic rings. The van der Waals surface area contributed by atoms with E-state index >= 15 is 0 Å². The summed E-state index contributed by atoms with van der Waals surface area (Å²) in [6.45, 7) is 4.93. The molecular formula is C22H37BaN2O7S2-. The van der Waals surface area contributed by atoms with Crippen molar-refractivity contribution in [2.75, 3.05) is 52.9 Å². The van der Waals surface area contributed by atoms with E-state index in [1.165, 1.54) is 36.0 Å². The first kappa shape index (κ1) is 37.0. The van der Waals surface area contributed by atoms with E-state index in [-0.39, 0.29) is 78.8 Å². The SMILES string of the molecule is C1CCC2OCCOCCOC3CCCCC3OCCOCCOC2C1.[Ba+2].[N-]=C=S.[N-]=C=S.[OH-]. The first-order valence-corrected chi connectivity index (χ1v) is 12.2. The quantitative estimate of drug-likeness (QED) is 0.221. The zero-order valence-corrected chi connectivity index (χ0v) is 26.0. The van der Waals surface area contributed by atoms with Crippen LogP contribution in [0.4, 0.5) is 0 Å². The first-order valence-electron chi connectivity index (χ1n) is 11.4. The van der Waals surface area contributed by atoms with Gasteiger partial charge in [-0.05, 0) is 25.7 Å². The summed E-state index contributed by atoms with van der Waals surface area (Å²) in [5, 5.41) is 16.9. The molecule has 3 aliphatic rings. The van der Waals surface area contributed by atoms with Crippen LogP contribution < -0.4 is 0 Å². The van der Waals surface area contributed by atoms with E-state index in [9.17, 15) is 0 Å². The maximum absolute atomic E-state index is 7.13. The molecule has 0 radical (unpaired) electrons. The van der Waals surface area contributed by atoms with Crippen LogP contribution in [-0.4, -0.2) is 142 Å². The number of hydrogen-bond acceptors (Lipinski definition) is 9. The van der Waals surface area contributed by atoms with E-state index in [1.54, 1.807) is 0 Å². The second kappa shape index (κ2) is 26.9. The smallest absolute Gasteiger partial charge is 0.870 e. The number of hydrogen-bond donors (Lipinski definition) is 0. The fourth-order valence-electron chi connectivity index (χ4n) is 4.13. The van der Waals surface area contributed by atoms with Gasteiger partial charge in [0.25, 0.3) is 0 Å². The Hall–Kier alpha value is 0.891. The zero-order valence-electron chi connectivity index (χ0n) is 19.9. The number of thiocarbonyl (C=S) groups is 2. The van der Waals surface area contributed by atoms with Gasteiger partial charge in [-0.15, -0.1) is 0 Å². The van der Waals surface area contributed by atoms with Gasteiger partial charge in [-0.1, -0.05) is 50.1 Å². The molecule has 192 valence electrons. The minimum absolute atomic E-state index is 0. The molecule has 2 aliphatic carbocycles. The van der Waals surface area contributed by atoms with Crippen LogP contribution >= 0.6 is 24.4 Å². The van der Waals surface area contributed by atoms with Gasteiger partial charge in [0, 0.05) is 0 Å². The Balaban J connectivity index is 0. The van der Waals surface area contributed by atoms with Crippen molar-refractivity contribution in [3.8, 4) is 0 Å². The van der Waals surface area contributed by atoms with E-state index in [2.05, 4.69) is 24.4 Å². The van der Waals surface area contributed by atoms with Gasteiger partial charge < -0.3 is 44.7 Å². The van der Waals surface area contributed by atoms with Gasteiger partial charge in [-0.2, -0.15) is 10.3 Å². The van der Waals surface area contributed by atoms with E-state index in [0.29, 0.717) is 52.9 Å². The Morgan fingerprint density at radius 1 is 0.500 bits per heavy atom. The van der Waals surface area contributed by atoms with Crippen LogP contribution in [0.1, 0.15) is 51.4 Å². The fraction of sp³-hybridized carbons (Fsp3) is 0.909. The normalized spacial score (nSPS) is 28.7. The summed E-state index contributed by atoms with van der Waals surface area (Å²) in [6.07, 6.45) is 9.93. The third-order valence-electron chi connectivity index (χ3n) is 5.52. The summed E-state index contributed by atoms with van der Waals surface area (Å²) >= 11 is 7.40. The average Bonchev–Trinajstić information content (AvgIpc) is 2.80. The number of isothiocyanates is 2. The van der Waals surface area contributed by atoms with Crippen LogP contribution in [-0.2, 0) is 28.4 Å². The summed E-state index contributed by atoms with van der Waals surface area (Å²) in [5.41, 5.74) is 0. The minimum atomic E-state index is 0. The Morgan fingerprint density at radius 3 is 0.912 bits per heavy atom. The van der Waals surface area contributed by atoms with Gasteiger partial charge in [0.2, 0.25) is 0 Å². The third kappa shape index (κ3) is 18.2. The van der Waals surface area contributed by atoms with Gasteiger partial charge >= 0.3 is 48.9 Å². The molecule has 0 aromatic carbocycles. The largest absolute Gasteiger partial charge is 2.00 e. The molecule has 1 aliphatic heterocycles. The first-order chi connectivity index (χ1) is 15.8. The van der Waals surface area contributed by atoms with Crippen LogP contribution in [0.25, 0.3) is 10.8 Å². The topological polar surface area (TPSA) is 130 Å². The van der Waals surface area contributed by atoms with Crippen molar-refractivity contribution >= 4 is 83.6 Å². The maximum atomic E-state index is 7.13. The number of rotatable bonds is 0. The molecule has 1 heterocycles. The molecule has 0 bridgehead atoms. The fourth-order valence-corrected chi connectivity index (χ4v) is 4.13. The minimum Gasteiger partial charge on any atom is -0.870 e. The van der Waals surface area contributed by atoms with Crippen molar-refractivity contribution in [3.63, 3.8) is 0 Å². The summed E-state index contributed by atoms with van der Waals surface area (Å²) in [6, 6.07) is 0. The second-order valence-electron chi connectivity index (χ2n) is 7.61. The predicted octanol–water partition coefficient (Wildman–Crippen LogP) is 3.48. The van der Waals surface area contributed by atoms with E-state index in [0.717, 1.165) is 25.7 Å². The predicted molar refractivity (Wildman–Crippen MR) is 137 cm³/mol. The Kier molecular flexibility index (Phi) is 29.4. The number of nitrogens with zero attached hydrogens (tertiary/aromatic N) is 2. The van der Waals surface area contributed by atoms with E-state index in [1.807, 2.05) is 0 Å². The molecule has 12 heteroatoms. The van der Waals surface area contributed by atoms with Crippen LogP contribution in [0.15, 0.2) is 0 Å². The molecule has 1 N–H and O–H groups in total. The summed E-state index contributed by atoms with van der Waals surface area (Å²) < 4.78 is 35.5. The van der Waals surface area contributed by atoms with Crippen LogP contribution in [0.3, 0.4) is 0 Å². The van der Waals surface area contributed by atoms with Crippen molar-refractivity contribution in [1.29, 1.82) is 0 Å². The monoisotopic (exact) mass is 643 g/mol. The Morgan fingerprint density at radius 2 is 0.706 bits per heavy atom. The average molecular weight is 643 g/mol. The van der Waals surface area contributed by atoms with Gasteiger partial charge in [0.05, 0.1) is 77.3 Å². The Bertz CT molecular complexity index is 461. The maximum Gasteiger partial charge on any atom is 2.00 e.